The van der Waals surface area contributed by atoms with Gasteiger partial charge in [0.1, 0.15) is 24.0 Å². The molecule has 0 fully saturated rings. The topological polar surface area (TPSA) is 90.5 Å². The fraction of sp³-hybridized carbons (Fsp3) is 0.238. The number of fused-ring (bicyclic) bond motifs is 1. The van der Waals surface area contributed by atoms with Gasteiger partial charge in [0, 0.05) is 35.3 Å². The first kappa shape index (κ1) is 22.6. The Bertz CT molecular complexity index is 1400. The number of aromatic nitrogens is 4. The average Bonchev–Trinajstić information content (AvgIpc) is 3.39. The van der Waals surface area contributed by atoms with Crippen LogP contribution in [0.5, 0.6) is 5.75 Å². The number of rotatable bonds is 8. The first-order valence-corrected chi connectivity index (χ1v) is 11.7. The minimum Gasteiger partial charge on any atom is -0.487 e. The van der Waals surface area contributed by atoms with Gasteiger partial charge in [-0.1, -0.05) is 0 Å². The lowest BCUT2D eigenvalue weighted by molar-refractivity contribution is 0.0813. The minimum absolute atomic E-state index is 0.143. The Labute approximate surface area is 187 Å². The summed E-state index contributed by atoms with van der Waals surface area (Å²) in [6, 6.07) is 6.44. The van der Waals surface area contributed by atoms with Gasteiger partial charge in [-0.15, -0.1) is 0 Å². The molecule has 1 atom stereocenters. The highest BCUT2D eigenvalue weighted by atomic mass is 32.2. The quantitative estimate of drug-likeness (QED) is 0.412. The third-order valence-electron chi connectivity index (χ3n) is 4.90. The van der Waals surface area contributed by atoms with Crippen molar-refractivity contribution in [2.75, 3.05) is 18.2 Å². The van der Waals surface area contributed by atoms with E-state index in [9.17, 15) is 21.6 Å². The van der Waals surface area contributed by atoms with Crippen LogP contribution >= 0.6 is 0 Å². The maximum Gasteiger partial charge on any atom is 0.272 e. The van der Waals surface area contributed by atoms with Crippen molar-refractivity contribution >= 4 is 21.5 Å². The van der Waals surface area contributed by atoms with E-state index < -0.39 is 34.9 Å². The Kier molecular flexibility index (Phi) is 6.02. The third kappa shape index (κ3) is 4.95. The van der Waals surface area contributed by atoms with Gasteiger partial charge >= 0.3 is 0 Å². The van der Waals surface area contributed by atoms with E-state index in [1.165, 1.54) is 29.0 Å². The number of halogens is 3. The summed E-state index contributed by atoms with van der Waals surface area (Å²) in [6.45, 7) is 0.918. The predicted octanol–water partition coefficient (Wildman–Crippen LogP) is 3.96. The summed E-state index contributed by atoms with van der Waals surface area (Å²) in [4.78, 5) is 4.55. The van der Waals surface area contributed by atoms with Crippen LogP contribution in [0.25, 0.3) is 16.8 Å². The van der Waals surface area contributed by atoms with Crippen LogP contribution in [0.15, 0.2) is 55.1 Å². The number of nitrogens with zero attached hydrogens (tertiary/aromatic N) is 4. The fourth-order valence-corrected chi connectivity index (χ4v) is 3.92. The molecule has 4 aromatic rings. The van der Waals surface area contributed by atoms with Crippen LogP contribution in [-0.4, -0.2) is 46.3 Å². The number of alkyl halides is 2. The smallest absolute Gasteiger partial charge is 0.272 e. The Morgan fingerprint density at radius 3 is 2.67 bits per heavy atom. The first-order chi connectivity index (χ1) is 15.6. The predicted molar refractivity (Wildman–Crippen MR) is 117 cm³/mol. The molecule has 0 saturated carbocycles. The van der Waals surface area contributed by atoms with Crippen LogP contribution in [0.1, 0.15) is 18.5 Å². The van der Waals surface area contributed by atoms with Gasteiger partial charge in [0.2, 0.25) is 10.0 Å². The van der Waals surface area contributed by atoms with Crippen molar-refractivity contribution in [3.8, 4) is 16.9 Å². The molecule has 0 aliphatic carbocycles. The van der Waals surface area contributed by atoms with Crippen molar-refractivity contribution < 1.29 is 26.3 Å². The largest absolute Gasteiger partial charge is 0.487 e. The second-order valence-corrected chi connectivity index (χ2v) is 9.27. The molecule has 0 bridgehead atoms. The van der Waals surface area contributed by atoms with Crippen LogP contribution in [-0.2, 0) is 10.0 Å². The number of anilines is 1. The summed E-state index contributed by atoms with van der Waals surface area (Å²) >= 11 is 0. The molecule has 0 spiro atoms. The summed E-state index contributed by atoms with van der Waals surface area (Å²) in [6.07, 6.45) is 4.57. The number of hydrogen-bond donors (Lipinski definition) is 1. The molecule has 0 aliphatic heterocycles. The average molecular weight is 479 g/mol. The summed E-state index contributed by atoms with van der Waals surface area (Å²) in [7, 11) is -3.43. The fourth-order valence-electron chi connectivity index (χ4n) is 3.34. The van der Waals surface area contributed by atoms with Gasteiger partial charge in [-0.25, -0.2) is 31.1 Å². The molecule has 174 valence electrons. The molecule has 33 heavy (non-hydrogen) atoms. The first-order valence-electron chi connectivity index (χ1n) is 9.82. The lowest BCUT2D eigenvalue weighted by Gasteiger charge is -2.19. The summed E-state index contributed by atoms with van der Waals surface area (Å²) in [5.74, 6) is 0.0354. The standard InChI is InChI=1S/C21H20F3N5O3S/c1-13(16-9-15(22)3-4-18(16)32-12-19(23)24)26-20-6-8-29-21(27-20)17(10-25-29)14-5-7-28(11-14)33(2,30)31/h3-11,13,19H,12H2,1-2H3,(H,26,27). The molecule has 0 radical (unpaired) electrons. The molecule has 1 N–H and O–H groups in total. The van der Waals surface area contributed by atoms with Gasteiger partial charge < -0.3 is 10.1 Å². The molecular formula is C21H20F3N5O3S. The Balaban J connectivity index is 1.63. The number of benzene rings is 1. The van der Waals surface area contributed by atoms with E-state index >= 15 is 0 Å². The molecule has 4 rings (SSSR count). The van der Waals surface area contributed by atoms with Crippen LogP contribution < -0.4 is 10.1 Å². The highest BCUT2D eigenvalue weighted by molar-refractivity contribution is 7.89. The van der Waals surface area contributed by atoms with Gasteiger partial charge in [-0.05, 0) is 37.3 Å². The van der Waals surface area contributed by atoms with E-state index in [1.807, 2.05) is 0 Å². The highest BCUT2D eigenvalue weighted by Crippen LogP contribution is 2.30. The second kappa shape index (κ2) is 8.77. The Morgan fingerprint density at radius 2 is 1.97 bits per heavy atom. The molecule has 12 heteroatoms. The lowest BCUT2D eigenvalue weighted by atomic mass is 10.1. The molecule has 1 unspecified atom stereocenters. The molecule has 1 aromatic carbocycles. The Morgan fingerprint density at radius 1 is 1.18 bits per heavy atom. The molecule has 0 saturated heterocycles. The lowest BCUT2D eigenvalue weighted by Crippen LogP contribution is -2.13. The van der Waals surface area contributed by atoms with Crippen molar-refractivity contribution in [1.29, 1.82) is 0 Å². The van der Waals surface area contributed by atoms with Crippen molar-refractivity contribution in [2.45, 2.75) is 19.4 Å². The zero-order valence-electron chi connectivity index (χ0n) is 17.6. The molecule has 3 heterocycles. The zero-order chi connectivity index (χ0) is 23.8. The molecule has 3 aromatic heterocycles. The number of hydrogen-bond acceptors (Lipinski definition) is 6. The minimum atomic E-state index is -3.43. The van der Waals surface area contributed by atoms with Gasteiger partial charge in [0.05, 0.1) is 18.5 Å². The van der Waals surface area contributed by atoms with Crippen LogP contribution in [0, 0.1) is 5.82 Å². The van der Waals surface area contributed by atoms with E-state index in [2.05, 4.69) is 15.4 Å². The third-order valence-corrected chi connectivity index (χ3v) is 5.89. The normalized spacial score (nSPS) is 12.9. The van der Waals surface area contributed by atoms with Crippen molar-refractivity contribution in [3.05, 3.63) is 66.5 Å². The van der Waals surface area contributed by atoms with E-state index in [0.717, 1.165) is 16.3 Å². The van der Waals surface area contributed by atoms with Gasteiger partial charge in [-0.2, -0.15) is 5.10 Å². The molecular weight excluding hydrogens is 459 g/mol. The number of nitrogens with one attached hydrogen (secondary N) is 1. The Hall–Kier alpha value is -3.54. The van der Waals surface area contributed by atoms with E-state index in [4.69, 9.17) is 4.74 Å². The van der Waals surface area contributed by atoms with Crippen molar-refractivity contribution in [1.82, 2.24) is 18.6 Å². The van der Waals surface area contributed by atoms with Crippen LogP contribution in [0.3, 0.4) is 0 Å². The maximum atomic E-state index is 13.8. The molecule has 8 nitrogen and oxygen atoms in total. The monoisotopic (exact) mass is 479 g/mol. The van der Waals surface area contributed by atoms with Crippen molar-refractivity contribution in [3.63, 3.8) is 0 Å². The highest BCUT2D eigenvalue weighted by Gasteiger charge is 2.17. The van der Waals surface area contributed by atoms with Gasteiger partial charge in [-0.3, -0.25) is 3.97 Å². The van der Waals surface area contributed by atoms with E-state index in [0.29, 0.717) is 28.2 Å². The van der Waals surface area contributed by atoms with Gasteiger partial charge in [0.15, 0.2) is 5.65 Å². The molecule has 0 aliphatic rings. The zero-order valence-corrected chi connectivity index (χ0v) is 18.4. The summed E-state index contributed by atoms with van der Waals surface area (Å²) in [5, 5.41) is 7.35. The van der Waals surface area contributed by atoms with E-state index in [-0.39, 0.29) is 5.75 Å². The van der Waals surface area contributed by atoms with E-state index in [1.54, 1.807) is 31.5 Å². The summed E-state index contributed by atoms with van der Waals surface area (Å²) < 4.78 is 70.3. The van der Waals surface area contributed by atoms with Crippen LogP contribution in [0.2, 0.25) is 0 Å². The maximum absolute atomic E-state index is 13.8. The van der Waals surface area contributed by atoms with Crippen LogP contribution in [0.4, 0.5) is 19.0 Å². The summed E-state index contributed by atoms with van der Waals surface area (Å²) in [5.41, 5.74) is 2.05. The number of ether oxygens (including phenoxy) is 1. The van der Waals surface area contributed by atoms with Crippen molar-refractivity contribution in [2.24, 2.45) is 0 Å². The SMILES string of the molecule is CC(Nc1ccn2ncc(-c3ccn(S(C)(=O)=O)c3)c2n1)c1cc(F)ccc1OCC(F)F. The van der Waals surface area contributed by atoms with Gasteiger partial charge in [0.25, 0.3) is 6.43 Å². The molecule has 0 amide bonds. The second-order valence-electron chi connectivity index (χ2n) is 7.38.